The molecule has 1 aromatic heterocycles. The molecule has 6 heteroatoms. The second-order valence-corrected chi connectivity index (χ2v) is 8.58. The lowest BCUT2D eigenvalue weighted by atomic mass is 9.94. The van der Waals surface area contributed by atoms with E-state index in [1.165, 1.54) is 19.3 Å². The Kier molecular flexibility index (Phi) is 5.74. The third-order valence-electron chi connectivity index (χ3n) is 5.69. The molecule has 0 unspecified atom stereocenters. The minimum atomic E-state index is 0.237. The van der Waals surface area contributed by atoms with Crippen molar-refractivity contribution < 1.29 is 4.79 Å². The minimum Gasteiger partial charge on any atom is -0.332 e. The minimum absolute atomic E-state index is 0.237. The van der Waals surface area contributed by atoms with Crippen LogP contribution in [0.4, 0.5) is 0 Å². The van der Waals surface area contributed by atoms with Crippen molar-refractivity contribution >= 4 is 29.1 Å². The van der Waals surface area contributed by atoms with Crippen LogP contribution in [0.5, 0.6) is 0 Å². The van der Waals surface area contributed by atoms with Gasteiger partial charge in [-0.3, -0.25) is 4.79 Å². The highest BCUT2D eigenvalue weighted by Crippen LogP contribution is 2.34. The van der Waals surface area contributed by atoms with Crippen molar-refractivity contribution in [3.05, 3.63) is 52.0 Å². The second-order valence-electron chi connectivity index (χ2n) is 7.74. The molecular weight excluding hydrogens is 381 g/mol. The van der Waals surface area contributed by atoms with E-state index in [-0.39, 0.29) is 5.92 Å². The summed E-state index contributed by atoms with van der Waals surface area (Å²) in [4.78, 5) is 19.6. The number of benzene rings is 1. The van der Waals surface area contributed by atoms with E-state index in [0.29, 0.717) is 35.1 Å². The maximum absolute atomic E-state index is 12.9. The summed E-state index contributed by atoms with van der Waals surface area (Å²) < 4.78 is 2.09. The second kappa shape index (κ2) is 8.24. The van der Waals surface area contributed by atoms with Gasteiger partial charge in [0, 0.05) is 34.4 Å². The maximum Gasteiger partial charge on any atom is 0.226 e. The van der Waals surface area contributed by atoms with Gasteiger partial charge in [0.25, 0.3) is 0 Å². The highest BCUT2D eigenvalue weighted by Gasteiger charge is 2.37. The highest BCUT2D eigenvalue weighted by molar-refractivity contribution is 6.35. The zero-order valence-corrected chi connectivity index (χ0v) is 16.9. The van der Waals surface area contributed by atoms with Crippen LogP contribution in [0.3, 0.4) is 0 Å². The van der Waals surface area contributed by atoms with Gasteiger partial charge in [-0.1, -0.05) is 48.5 Å². The van der Waals surface area contributed by atoms with E-state index in [9.17, 15) is 4.79 Å². The van der Waals surface area contributed by atoms with Crippen molar-refractivity contribution in [1.29, 1.82) is 0 Å². The van der Waals surface area contributed by atoms with Gasteiger partial charge in [-0.05, 0) is 43.4 Å². The fourth-order valence-corrected chi connectivity index (χ4v) is 4.43. The number of nitrogens with zero attached hydrogens (tertiary/aromatic N) is 3. The third-order valence-corrected chi connectivity index (χ3v) is 6.28. The van der Waals surface area contributed by atoms with Gasteiger partial charge in [0.15, 0.2) is 0 Å². The molecule has 4 rings (SSSR count). The van der Waals surface area contributed by atoms with Crippen molar-refractivity contribution in [3.8, 4) is 0 Å². The van der Waals surface area contributed by atoms with Gasteiger partial charge in [-0.2, -0.15) is 0 Å². The normalized spacial score (nSPS) is 17.9. The summed E-state index contributed by atoms with van der Waals surface area (Å²) in [5.74, 6) is 1.47. The Bertz CT molecular complexity index is 810. The summed E-state index contributed by atoms with van der Waals surface area (Å²) in [6.07, 6.45) is 11.8. The largest absolute Gasteiger partial charge is 0.332 e. The van der Waals surface area contributed by atoms with Crippen LogP contribution >= 0.6 is 23.2 Å². The first kappa shape index (κ1) is 18.8. The number of hydrogen-bond donors (Lipinski definition) is 0. The monoisotopic (exact) mass is 405 g/mol. The molecule has 2 aliphatic rings. The van der Waals surface area contributed by atoms with E-state index in [1.807, 2.05) is 18.3 Å². The Balaban J connectivity index is 1.53. The number of hydrogen-bond acceptors (Lipinski definition) is 2. The molecule has 2 aromatic rings. The van der Waals surface area contributed by atoms with E-state index in [4.69, 9.17) is 23.2 Å². The van der Waals surface area contributed by atoms with Crippen LogP contribution in [-0.2, 0) is 17.9 Å². The van der Waals surface area contributed by atoms with Crippen molar-refractivity contribution in [2.45, 2.75) is 64.1 Å². The van der Waals surface area contributed by atoms with Gasteiger partial charge in [0.05, 0.1) is 13.1 Å². The summed E-state index contributed by atoms with van der Waals surface area (Å²) in [5, 5.41) is 1.29. The quantitative estimate of drug-likeness (QED) is 0.652. The number of halogens is 2. The molecule has 2 saturated carbocycles. The van der Waals surface area contributed by atoms with Crippen molar-refractivity contribution in [2.75, 3.05) is 0 Å². The van der Waals surface area contributed by atoms with Crippen LogP contribution in [0.25, 0.3) is 0 Å². The molecule has 144 valence electrons. The van der Waals surface area contributed by atoms with Crippen molar-refractivity contribution in [2.24, 2.45) is 5.92 Å². The maximum atomic E-state index is 12.9. The van der Waals surface area contributed by atoms with E-state index < -0.39 is 0 Å². The molecule has 0 saturated heterocycles. The lowest BCUT2D eigenvalue weighted by Gasteiger charge is -2.34. The predicted molar refractivity (Wildman–Crippen MR) is 108 cm³/mol. The van der Waals surface area contributed by atoms with Gasteiger partial charge >= 0.3 is 0 Å². The van der Waals surface area contributed by atoms with E-state index in [1.54, 1.807) is 12.3 Å². The zero-order chi connectivity index (χ0) is 18.8. The Morgan fingerprint density at radius 3 is 2.63 bits per heavy atom. The number of amides is 1. The van der Waals surface area contributed by atoms with Crippen LogP contribution < -0.4 is 0 Å². The first-order valence-corrected chi connectivity index (χ1v) is 10.6. The number of carbonyl (C=O) groups excluding carboxylic acids is 1. The average Bonchev–Trinajstić information content (AvgIpc) is 3.43. The summed E-state index contributed by atoms with van der Waals surface area (Å²) in [6, 6.07) is 5.92. The first-order chi connectivity index (χ1) is 13.1. The Labute approximate surface area is 170 Å². The molecule has 1 amide bonds. The Morgan fingerprint density at radius 1 is 1.15 bits per heavy atom. The molecule has 2 aliphatic carbocycles. The lowest BCUT2D eigenvalue weighted by molar-refractivity contribution is -0.136. The SMILES string of the molecule is O=C(C1CC1)N(Cc1nccn1Cc1ccc(Cl)cc1Cl)C1CCCCC1. The first-order valence-electron chi connectivity index (χ1n) is 9.86. The van der Waals surface area contributed by atoms with E-state index in [2.05, 4.69) is 14.5 Å². The van der Waals surface area contributed by atoms with Crippen LogP contribution in [0.1, 0.15) is 56.3 Å². The molecule has 0 N–H and O–H groups in total. The molecule has 0 spiro atoms. The highest BCUT2D eigenvalue weighted by atomic mass is 35.5. The van der Waals surface area contributed by atoms with E-state index >= 15 is 0 Å². The summed E-state index contributed by atoms with van der Waals surface area (Å²) >= 11 is 12.4. The van der Waals surface area contributed by atoms with Crippen molar-refractivity contribution in [1.82, 2.24) is 14.5 Å². The summed E-state index contributed by atoms with van der Waals surface area (Å²) in [7, 11) is 0. The van der Waals surface area contributed by atoms with E-state index in [0.717, 1.165) is 37.1 Å². The van der Waals surface area contributed by atoms with Gasteiger partial charge < -0.3 is 9.47 Å². The fraction of sp³-hybridized carbons (Fsp3) is 0.524. The fourth-order valence-electron chi connectivity index (χ4n) is 3.97. The van der Waals surface area contributed by atoms with Gasteiger partial charge in [0.2, 0.25) is 5.91 Å². The molecule has 27 heavy (non-hydrogen) atoms. The zero-order valence-electron chi connectivity index (χ0n) is 15.4. The van der Waals surface area contributed by atoms with Crippen molar-refractivity contribution in [3.63, 3.8) is 0 Å². The van der Waals surface area contributed by atoms with Crippen LogP contribution in [0, 0.1) is 5.92 Å². The number of rotatable bonds is 6. The average molecular weight is 406 g/mol. The van der Waals surface area contributed by atoms with Gasteiger partial charge in [0.1, 0.15) is 5.82 Å². The molecule has 0 radical (unpaired) electrons. The molecule has 0 atom stereocenters. The molecule has 1 heterocycles. The van der Waals surface area contributed by atoms with Gasteiger partial charge in [-0.25, -0.2) is 4.98 Å². The van der Waals surface area contributed by atoms with Crippen LogP contribution in [0.15, 0.2) is 30.6 Å². The number of aromatic nitrogens is 2. The molecule has 0 bridgehead atoms. The topological polar surface area (TPSA) is 38.1 Å². The standard InChI is InChI=1S/C21H25Cl2N3O/c22-17-9-8-16(19(23)12-17)13-25-11-10-24-20(25)14-26(21(27)15-6-7-15)18-4-2-1-3-5-18/h8-12,15,18H,1-7,13-14H2. The molecule has 2 fully saturated rings. The summed E-state index contributed by atoms with van der Waals surface area (Å²) in [5.41, 5.74) is 0.998. The molecule has 0 aliphatic heterocycles. The number of imidazole rings is 1. The smallest absolute Gasteiger partial charge is 0.226 e. The van der Waals surface area contributed by atoms with Gasteiger partial charge in [-0.15, -0.1) is 0 Å². The third kappa shape index (κ3) is 4.49. The predicted octanol–water partition coefficient (Wildman–Crippen LogP) is 5.31. The number of carbonyl (C=O) groups is 1. The molecule has 1 aromatic carbocycles. The summed E-state index contributed by atoms with van der Waals surface area (Å²) in [6.45, 7) is 1.21. The Morgan fingerprint density at radius 2 is 1.93 bits per heavy atom. The van der Waals surface area contributed by atoms with Crippen LogP contribution in [-0.4, -0.2) is 26.4 Å². The van der Waals surface area contributed by atoms with Crippen LogP contribution in [0.2, 0.25) is 10.0 Å². The lowest BCUT2D eigenvalue weighted by Crippen LogP contribution is -2.42. The molecular formula is C21H25Cl2N3O. The molecule has 4 nitrogen and oxygen atoms in total. The Hall–Kier alpha value is -1.52.